The molecule has 8 nitrogen and oxygen atoms in total. The molecule has 2 aromatic heterocycles. The Labute approximate surface area is 266 Å². The zero-order valence-electron chi connectivity index (χ0n) is 25.2. The molecule has 5 heterocycles. The van der Waals surface area contributed by atoms with Gasteiger partial charge in [-0.25, -0.2) is 22.0 Å². The third kappa shape index (κ3) is 4.75. The maximum Gasteiger partial charge on any atom is 0.319 e. The van der Waals surface area contributed by atoms with Crippen LogP contribution in [0.3, 0.4) is 0 Å². The summed E-state index contributed by atoms with van der Waals surface area (Å²) in [6, 6.07) is 5.05. The van der Waals surface area contributed by atoms with Crippen molar-refractivity contribution >= 4 is 27.5 Å². The van der Waals surface area contributed by atoms with E-state index in [-0.39, 0.29) is 83.8 Å². The van der Waals surface area contributed by atoms with E-state index >= 15 is 4.39 Å². The number of nitrogens with zero attached hydrogens (tertiary/aromatic N) is 5. The summed E-state index contributed by atoms with van der Waals surface area (Å²) in [5, 5.41) is 11.3. The maximum atomic E-state index is 16.7. The van der Waals surface area contributed by atoms with Crippen molar-refractivity contribution in [2.24, 2.45) is 5.41 Å². The number of benzene rings is 2. The number of alkyl halides is 3. The molecule has 2 aromatic carbocycles. The number of fused-ring (bicyclic) bond motifs is 3. The molecular formula is C34H30F5N5O3. The standard InChI is InChI=1S/C34H30F5N5O3/c1-2-22-25(36)5-4-19-10-21(45)11-23(26(19)22)28-27(37)29-24(13-40-28)30(43-6-3-8-46-9-7-43)42-31(41-29)47-18-33-12-20(35)14-44(33)17-32(15-33)16-34(32,38)39/h1,4-5,10-11,13,20,45H,3,6-9,12,14-18H2/t20-,32?,33+/m1/s1. The van der Waals surface area contributed by atoms with Crippen molar-refractivity contribution in [2.75, 3.05) is 50.9 Å². The molecule has 13 heteroatoms. The number of aromatic nitrogens is 3. The van der Waals surface area contributed by atoms with Crippen LogP contribution in [0.25, 0.3) is 32.9 Å². The number of aromatic hydroxyl groups is 1. The predicted octanol–water partition coefficient (Wildman–Crippen LogP) is 5.63. The van der Waals surface area contributed by atoms with Crippen molar-refractivity contribution in [3.05, 3.63) is 47.7 Å². The molecule has 0 amide bonds. The molecule has 3 aliphatic heterocycles. The van der Waals surface area contributed by atoms with Crippen molar-refractivity contribution in [1.82, 2.24) is 19.9 Å². The van der Waals surface area contributed by atoms with Gasteiger partial charge in [-0.3, -0.25) is 9.88 Å². The van der Waals surface area contributed by atoms with E-state index in [0.717, 1.165) is 0 Å². The molecule has 1 N–H and O–H groups in total. The second kappa shape index (κ2) is 10.6. The number of halogens is 5. The van der Waals surface area contributed by atoms with E-state index in [1.807, 2.05) is 4.90 Å². The van der Waals surface area contributed by atoms with Crippen LogP contribution in [-0.2, 0) is 4.74 Å². The number of pyridine rings is 1. The molecule has 3 atom stereocenters. The average Bonchev–Trinajstić information content (AvgIpc) is 3.43. The molecular weight excluding hydrogens is 621 g/mol. The first-order valence-corrected chi connectivity index (χ1v) is 15.5. The fourth-order valence-electron chi connectivity index (χ4n) is 7.88. The Balaban J connectivity index is 1.25. The van der Waals surface area contributed by atoms with Crippen molar-refractivity contribution in [1.29, 1.82) is 0 Å². The molecule has 244 valence electrons. The van der Waals surface area contributed by atoms with Gasteiger partial charge in [-0.15, -0.1) is 6.42 Å². The summed E-state index contributed by atoms with van der Waals surface area (Å²) in [6.07, 6.45) is 6.42. The van der Waals surface area contributed by atoms with Gasteiger partial charge in [-0.1, -0.05) is 12.0 Å². The van der Waals surface area contributed by atoms with Crippen molar-refractivity contribution in [3.8, 4) is 35.4 Å². The van der Waals surface area contributed by atoms with E-state index in [1.54, 1.807) is 4.90 Å². The summed E-state index contributed by atoms with van der Waals surface area (Å²) < 4.78 is 86.7. The maximum absolute atomic E-state index is 16.7. The third-order valence-corrected chi connectivity index (χ3v) is 10.1. The van der Waals surface area contributed by atoms with E-state index < -0.39 is 34.7 Å². The van der Waals surface area contributed by atoms with Crippen LogP contribution >= 0.6 is 0 Å². The highest BCUT2D eigenvalue weighted by Crippen LogP contribution is 2.69. The van der Waals surface area contributed by atoms with Crippen LogP contribution in [0.15, 0.2) is 30.5 Å². The molecule has 0 bridgehead atoms. The monoisotopic (exact) mass is 651 g/mol. The molecule has 8 rings (SSSR count). The highest BCUT2D eigenvalue weighted by molar-refractivity contribution is 6.03. The summed E-state index contributed by atoms with van der Waals surface area (Å²) >= 11 is 0. The largest absolute Gasteiger partial charge is 0.508 e. The smallest absolute Gasteiger partial charge is 0.319 e. The Bertz CT molecular complexity index is 1980. The summed E-state index contributed by atoms with van der Waals surface area (Å²) in [5.41, 5.74) is -2.59. The summed E-state index contributed by atoms with van der Waals surface area (Å²) in [6.45, 7) is 1.89. The van der Waals surface area contributed by atoms with Gasteiger partial charge in [0.05, 0.1) is 28.5 Å². The summed E-state index contributed by atoms with van der Waals surface area (Å²) in [4.78, 5) is 17.1. The van der Waals surface area contributed by atoms with Crippen LogP contribution in [0.4, 0.5) is 27.8 Å². The first-order valence-electron chi connectivity index (χ1n) is 15.5. The highest BCUT2D eigenvalue weighted by atomic mass is 19.3. The number of anilines is 1. The minimum Gasteiger partial charge on any atom is -0.508 e. The molecule has 4 fully saturated rings. The number of hydrogen-bond acceptors (Lipinski definition) is 8. The van der Waals surface area contributed by atoms with Gasteiger partial charge in [-0.2, -0.15) is 9.97 Å². The molecule has 4 aromatic rings. The molecule has 1 unspecified atom stereocenters. The zero-order chi connectivity index (χ0) is 32.7. The average molecular weight is 652 g/mol. The van der Waals surface area contributed by atoms with Gasteiger partial charge in [-0.05, 0) is 36.4 Å². The van der Waals surface area contributed by atoms with Crippen molar-refractivity contribution in [3.63, 3.8) is 0 Å². The van der Waals surface area contributed by atoms with Crippen molar-refractivity contribution in [2.45, 2.75) is 43.3 Å². The SMILES string of the molecule is C#Cc1c(F)ccc2cc(O)cc(-c3ncc4c(N5CCCOCC5)nc(OC[C@@]56C[C@@H](F)CN5CC5(CC5(F)F)C6)nc4c3F)c12. The lowest BCUT2D eigenvalue weighted by Gasteiger charge is -2.31. The fraction of sp³-hybridized carbons (Fsp3) is 0.441. The van der Waals surface area contributed by atoms with Crippen LogP contribution < -0.4 is 9.64 Å². The number of phenols is 1. The van der Waals surface area contributed by atoms with Crippen LogP contribution in [0.1, 0.15) is 31.2 Å². The lowest BCUT2D eigenvalue weighted by molar-refractivity contribution is 0.0634. The molecule has 1 saturated carbocycles. The van der Waals surface area contributed by atoms with E-state index in [1.165, 1.54) is 30.5 Å². The number of phenolic OH excluding ortho intramolecular Hbond substituents is 1. The number of rotatable bonds is 5. The van der Waals surface area contributed by atoms with Gasteiger partial charge in [0.25, 0.3) is 5.92 Å². The van der Waals surface area contributed by atoms with E-state index in [0.29, 0.717) is 43.9 Å². The van der Waals surface area contributed by atoms with E-state index in [9.17, 15) is 22.7 Å². The molecule has 1 spiro atoms. The minimum absolute atomic E-state index is 0.0375. The Kier molecular flexibility index (Phi) is 6.79. The molecule has 0 radical (unpaired) electrons. The number of hydrogen-bond donors (Lipinski definition) is 1. The van der Waals surface area contributed by atoms with Crippen LogP contribution in [-0.4, -0.2) is 88.6 Å². The Morgan fingerprint density at radius 3 is 2.74 bits per heavy atom. The van der Waals surface area contributed by atoms with Crippen molar-refractivity contribution < 1.29 is 36.5 Å². The summed E-state index contributed by atoms with van der Waals surface area (Å²) in [5.74, 6) is -1.92. The second-order valence-corrected chi connectivity index (χ2v) is 13.2. The van der Waals surface area contributed by atoms with Gasteiger partial charge in [0.1, 0.15) is 41.4 Å². The quantitative estimate of drug-likeness (QED) is 0.220. The number of ether oxygens (including phenoxy) is 2. The van der Waals surface area contributed by atoms with Crippen LogP contribution in [0.2, 0.25) is 0 Å². The lowest BCUT2D eigenvalue weighted by atomic mass is 9.88. The van der Waals surface area contributed by atoms with Gasteiger partial charge in [0, 0.05) is 62.8 Å². The Morgan fingerprint density at radius 2 is 1.96 bits per heavy atom. The van der Waals surface area contributed by atoms with E-state index in [2.05, 4.69) is 20.9 Å². The van der Waals surface area contributed by atoms with E-state index in [4.69, 9.17) is 15.9 Å². The fourth-order valence-corrected chi connectivity index (χ4v) is 7.88. The van der Waals surface area contributed by atoms with Gasteiger partial charge >= 0.3 is 6.01 Å². The minimum atomic E-state index is -2.80. The molecule has 47 heavy (non-hydrogen) atoms. The third-order valence-electron chi connectivity index (χ3n) is 10.1. The number of terminal acetylenes is 1. The topological polar surface area (TPSA) is 83.8 Å². The van der Waals surface area contributed by atoms with Crippen LogP contribution in [0, 0.1) is 29.4 Å². The second-order valence-electron chi connectivity index (χ2n) is 13.2. The van der Waals surface area contributed by atoms with Gasteiger partial charge in [0.15, 0.2) is 5.82 Å². The first-order chi connectivity index (χ1) is 22.5. The normalized spacial score (nSPS) is 26.9. The lowest BCUT2D eigenvalue weighted by Crippen LogP contribution is -2.43. The Hall–Kier alpha value is -4.28. The predicted molar refractivity (Wildman–Crippen MR) is 163 cm³/mol. The molecule has 3 saturated heterocycles. The molecule has 1 aliphatic carbocycles. The van der Waals surface area contributed by atoms with Crippen LogP contribution in [0.5, 0.6) is 11.8 Å². The summed E-state index contributed by atoms with van der Waals surface area (Å²) in [7, 11) is 0. The molecule has 4 aliphatic rings. The first kappa shape index (κ1) is 30.1. The highest BCUT2D eigenvalue weighted by Gasteiger charge is 2.77. The zero-order valence-corrected chi connectivity index (χ0v) is 25.2. The van der Waals surface area contributed by atoms with Gasteiger partial charge < -0.3 is 19.5 Å². The Morgan fingerprint density at radius 1 is 1.13 bits per heavy atom. The van der Waals surface area contributed by atoms with Gasteiger partial charge in [0.2, 0.25) is 0 Å².